The normalized spacial score (nSPS) is 27.3. The lowest BCUT2D eigenvalue weighted by Crippen LogP contribution is -1.98. The van der Waals surface area contributed by atoms with Crippen LogP contribution in [0.1, 0.15) is 193 Å². The van der Waals surface area contributed by atoms with E-state index in [4.69, 9.17) is 0 Å². The van der Waals surface area contributed by atoms with E-state index in [0.29, 0.717) is 0 Å². The molecule has 0 aromatic heterocycles. The van der Waals surface area contributed by atoms with Crippen LogP contribution >= 0.6 is 0 Å². The van der Waals surface area contributed by atoms with Crippen LogP contribution in [0.3, 0.4) is 0 Å². The second-order valence-corrected chi connectivity index (χ2v) is 11.7. The van der Waals surface area contributed by atoms with E-state index in [-0.39, 0.29) is 0 Å². The highest BCUT2D eigenvalue weighted by atomic mass is 14.2. The Labute approximate surface area is 215 Å². The first kappa shape index (κ1) is 29.7. The molecule has 0 amide bonds. The molecule has 0 unspecified atom stereocenters. The van der Waals surface area contributed by atoms with Gasteiger partial charge in [0.1, 0.15) is 0 Å². The molecule has 0 bridgehead atoms. The van der Waals surface area contributed by atoms with Crippen LogP contribution < -0.4 is 0 Å². The summed E-state index contributed by atoms with van der Waals surface area (Å²) >= 11 is 0. The Morgan fingerprint density at radius 1 is 0.235 bits per heavy atom. The second-order valence-electron chi connectivity index (χ2n) is 11.7. The van der Waals surface area contributed by atoms with Crippen LogP contribution in [0.15, 0.2) is 23.3 Å². The summed E-state index contributed by atoms with van der Waals surface area (Å²) in [5.41, 5.74) is 3.87. The maximum Gasteiger partial charge on any atom is -0.0318 e. The lowest BCUT2D eigenvalue weighted by molar-refractivity contribution is 0.533. The van der Waals surface area contributed by atoms with E-state index in [2.05, 4.69) is 12.2 Å². The molecule has 0 aliphatic heterocycles. The summed E-state index contributed by atoms with van der Waals surface area (Å²) in [6.45, 7) is 0. The van der Waals surface area contributed by atoms with Crippen molar-refractivity contribution in [2.45, 2.75) is 193 Å². The summed E-state index contributed by atoms with van der Waals surface area (Å²) in [5.74, 6) is 0. The maximum absolute atomic E-state index is 2.46. The van der Waals surface area contributed by atoms with Crippen molar-refractivity contribution in [3.63, 3.8) is 0 Å². The topological polar surface area (TPSA) is 0 Å². The van der Waals surface area contributed by atoms with Gasteiger partial charge in [-0.25, -0.2) is 0 Å². The van der Waals surface area contributed by atoms with Gasteiger partial charge in [-0.05, 0) is 77.0 Å². The molecule has 2 aliphatic rings. The number of allylic oxidation sites excluding steroid dienone is 4. The molecule has 0 heteroatoms. The predicted molar refractivity (Wildman–Crippen MR) is 155 cm³/mol. The molecule has 0 N–H and O–H groups in total. The van der Waals surface area contributed by atoms with E-state index < -0.39 is 0 Å². The van der Waals surface area contributed by atoms with Gasteiger partial charge in [-0.2, -0.15) is 0 Å². The fourth-order valence-electron chi connectivity index (χ4n) is 6.25. The maximum atomic E-state index is 2.46. The smallest absolute Gasteiger partial charge is 0.0318 e. The van der Waals surface area contributed by atoms with Gasteiger partial charge in [0.2, 0.25) is 0 Å². The van der Waals surface area contributed by atoms with Crippen LogP contribution in [0, 0.1) is 0 Å². The van der Waals surface area contributed by atoms with Crippen molar-refractivity contribution in [1.82, 2.24) is 0 Å². The summed E-state index contributed by atoms with van der Waals surface area (Å²) in [5, 5.41) is 0. The fraction of sp³-hybridized carbons (Fsp3) is 0.882. The second kappa shape index (κ2) is 22.9. The fourth-order valence-corrected chi connectivity index (χ4v) is 6.25. The van der Waals surface area contributed by atoms with Gasteiger partial charge in [0, 0.05) is 0 Å². The third kappa shape index (κ3) is 17.0. The Hall–Kier alpha value is -0.520. The van der Waals surface area contributed by atoms with Crippen molar-refractivity contribution < 1.29 is 0 Å². The highest BCUT2D eigenvalue weighted by Crippen LogP contribution is 2.29. The molecular weight excluding hydrogens is 408 g/mol. The number of hydrogen-bond acceptors (Lipinski definition) is 0. The number of rotatable bonds is 0. The average molecular weight is 471 g/mol. The van der Waals surface area contributed by atoms with Crippen molar-refractivity contribution in [3.8, 4) is 0 Å². The van der Waals surface area contributed by atoms with Gasteiger partial charge in [0.15, 0.2) is 0 Å². The van der Waals surface area contributed by atoms with E-state index in [9.17, 15) is 0 Å². The van der Waals surface area contributed by atoms with Crippen molar-refractivity contribution in [2.75, 3.05) is 0 Å². The van der Waals surface area contributed by atoms with Crippen LogP contribution in [0.5, 0.6) is 0 Å². The minimum Gasteiger partial charge on any atom is -0.0885 e. The molecule has 198 valence electrons. The highest BCUT2D eigenvalue weighted by molar-refractivity contribution is 5.15. The molecule has 34 heavy (non-hydrogen) atoms. The van der Waals surface area contributed by atoms with Crippen LogP contribution in [0.25, 0.3) is 0 Å². The zero-order valence-corrected chi connectivity index (χ0v) is 23.4. The summed E-state index contributed by atoms with van der Waals surface area (Å²) in [6.07, 6.45) is 48.5. The summed E-state index contributed by atoms with van der Waals surface area (Å²) in [4.78, 5) is 0. The van der Waals surface area contributed by atoms with Gasteiger partial charge in [-0.3, -0.25) is 0 Å². The van der Waals surface area contributed by atoms with E-state index >= 15 is 0 Å². The van der Waals surface area contributed by atoms with Crippen LogP contribution in [-0.4, -0.2) is 0 Å². The molecule has 0 atom stereocenters. The highest BCUT2D eigenvalue weighted by Gasteiger charge is 2.09. The molecule has 0 heterocycles. The Balaban J connectivity index is 1.84. The molecule has 0 spiro atoms. The van der Waals surface area contributed by atoms with Gasteiger partial charge in [0.25, 0.3) is 0 Å². The zero-order chi connectivity index (χ0) is 23.8. The first-order valence-electron chi connectivity index (χ1n) is 16.3. The third-order valence-corrected chi connectivity index (χ3v) is 8.57. The Bertz CT molecular complexity index is 452. The first-order chi connectivity index (χ1) is 17.0. The lowest BCUT2D eigenvalue weighted by atomic mass is 9.89. The van der Waals surface area contributed by atoms with Crippen LogP contribution in [0.4, 0.5) is 0 Å². The van der Waals surface area contributed by atoms with Crippen molar-refractivity contribution >= 4 is 0 Å². The minimum atomic E-state index is 1.32. The molecule has 2 aliphatic carbocycles. The zero-order valence-electron chi connectivity index (χ0n) is 23.4. The van der Waals surface area contributed by atoms with Crippen LogP contribution in [0.2, 0.25) is 0 Å². The molecule has 0 aromatic carbocycles. The Kier molecular flexibility index (Phi) is 20.0. The molecule has 2 rings (SSSR count). The van der Waals surface area contributed by atoms with Crippen molar-refractivity contribution in [1.29, 1.82) is 0 Å². The van der Waals surface area contributed by atoms with Gasteiger partial charge >= 0.3 is 0 Å². The minimum absolute atomic E-state index is 1.32. The van der Waals surface area contributed by atoms with Crippen LogP contribution in [-0.2, 0) is 0 Å². The van der Waals surface area contributed by atoms with E-state index in [1.165, 1.54) is 193 Å². The van der Waals surface area contributed by atoms with Gasteiger partial charge in [-0.1, -0.05) is 139 Å². The molecule has 0 radical (unpaired) electrons. The Morgan fingerprint density at radius 2 is 0.441 bits per heavy atom. The summed E-state index contributed by atoms with van der Waals surface area (Å²) < 4.78 is 0. The van der Waals surface area contributed by atoms with Crippen molar-refractivity contribution in [3.05, 3.63) is 23.3 Å². The van der Waals surface area contributed by atoms with Gasteiger partial charge in [0.05, 0.1) is 0 Å². The molecule has 0 nitrogen and oxygen atoms in total. The standard InChI is InChI=1S/C34H62/c1-2-4-6-8-10-12-14-18-22-26-30-34-32-28-24-20-16-15-19-23-27-31-33(34)29-25-21-17-13-11-9-7-5-3-1/h1-2H,3-32H2/b2-1+,34-33+. The summed E-state index contributed by atoms with van der Waals surface area (Å²) in [6, 6.07) is 0. The number of hydrogen-bond donors (Lipinski definition) is 0. The Morgan fingerprint density at radius 3 is 0.706 bits per heavy atom. The summed E-state index contributed by atoms with van der Waals surface area (Å²) in [7, 11) is 0. The average Bonchev–Trinajstić information content (AvgIpc) is 2.84. The first-order valence-corrected chi connectivity index (χ1v) is 16.3. The molecule has 0 aromatic rings. The quantitative estimate of drug-likeness (QED) is 0.309. The van der Waals surface area contributed by atoms with Crippen molar-refractivity contribution in [2.24, 2.45) is 0 Å². The SMILES string of the molecule is C1=C/CCCCCCCCCC/C2=C(/CCCCCCCCCC/1)CCCCCCCCCC2. The molecule has 0 fully saturated rings. The van der Waals surface area contributed by atoms with Gasteiger partial charge in [-0.15, -0.1) is 0 Å². The molecular formula is C34H62. The van der Waals surface area contributed by atoms with E-state index in [1.807, 2.05) is 11.1 Å². The third-order valence-electron chi connectivity index (χ3n) is 8.57. The predicted octanol–water partition coefficient (Wildman–Crippen LogP) is 12.6. The monoisotopic (exact) mass is 470 g/mol. The van der Waals surface area contributed by atoms with Gasteiger partial charge < -0.3 is 0 Å². The van der Waals surface area contributed by atoms with E-state index in [1.54, 1.807) is 0 Å². The largest absolute Gasteiger partial charge is 0.0885 e. The molecule has 0 saturated heterocycles. The lowest BCUT2D eigenvalue weighted by Gasteiger charge is -2.18. The van der Waals surface area contributed by atoms with E-state index in [0.717, 1.165) is 0 Å². The molecule has 0 saturated carbocycles.